The van der Waals surface area contributed by atoms with Crippen LogP contribution in [0, 0.1) is 0 Å². The molecule has 1 aromatic rings. The molecule has 0 aliphatic carbocycles. The Balaban J connectivity index is 2.18. The van der Waals surface area contributed by atoms with E-state index in [0.717, 1.165) is 6.07 Å². The molecule has 0 saturated carbocycles. The summed E-state index contributed by atoms with van der Waals surface area (Å²) in [6, 6.07) is 4.86. The molecule has 128 valence electrons. The Morgan fingerprint density at radius 1 is 1.26 bits per heavy atom. The van der Waals surface area contributed by atoms with Crippen LogP contribution in [0.1, 0.15) is 37.9 Å². The fourth-order valence-corrected chi connectivity index (χ4v) is 2.51. The smallest absolute Gasteiger partial charge is 0.416 e. The standard InChI is InChI=1S/C16H21F3N2O2/c1-15(2,3)23-14(22)21-9-8-20-13(10-21)11-6-4-5-7-12(11)16(17,18)19/h4-7,13,20H,8-10H2,1-3H3/t13-/m1/s1. The van der Waals surface area contributed by atoms with Crippen molar-refractivity contribution in [2.24, 2.45) is 0 Å². The van der Waals surface area contributed by atoms with Crippen LogP contribution >= 0.6 is 0 Å². The molecule has 0 bridgehead atoms. The van der Waals surface area contributed by atoms with Crippen molar-refractivity contribution < 1.29 is 22.7 Å². The second-order valence-electron chi connectivity index (χ2n) is 6.52. The van der Waals surface area contributed by atoms with Gasteiger partial charge in [-0.3, -0.25) is 0 Å². The second-order valence-corrected chi connectivity index (χ2v) is 6.52. The third-order valence-electron chi connectivity index (χ3n) is 3.47. The zero-order chi connectivity index (χ0) is 17.3. The predicted octanol–water partition coefficient (Wildman–Crippen LogP) is 3.59. The number of nitrogens with one attached hydrogen (secondary N) is 1. The molecule has 0 radical (unpaired) electrons. The molecule has 4 nitrogen and oxygen atoms in total. The maximum atomic E-state index is 13.1. The molecule has 23 heavy (non-hydrogen) atoms. The number of carbonyl (C=O) groups is 1. The number of amides is 1. The van der Waals surface area contributed by atoms with Crippen molar-refractivity contribution in [2.75, 3.05) is 19.6 Å². The van der Waals surface area contributed by atoms with Crippen LogP contribution in [0.3, 0.4) is 0 Å². The number of benzene rings is 1. The minimum Gasteiger partial charge on any atom is -0.444 e. The molecule has 1 N–H and O–H groups in total. The molecule has 1 amide bonds. The van der Waals surface area contributed by atoms with Crippen LogP contribution in [0.4, 0.5) is 18.0 Å². The molecule has 7 heteroatoms. The Morgan fingerprint density at radius 2 is 1.91 bits per heavy atom. The van der Waals surface area contributed by atoms with E-state index in [9.17, 15) is 18.0 Å². The average molecular weight is 330 g/mol. The minimum absolute atomic E-state index is 0.141. The molecule has 1 aliphatic heterocycles. The molecule has 0 unspecified atom stereocenters. The molecule has 1 saturated heterocycles. The van der Waals surface area contributed by atoms with E-state index < -0.39 is 29.5 Å². The highest BCUT2D eigenvalue weighted by molar-refractivity contribution is 5.68. The highest BCUT2D eigenvalue weighted by atomic mass is 19.4. The van der Waals surface area contributed by atoms with E-state index >= 15 is 0 Å². The van der Waals surface area contributed by atoms with Crippen LogP contribution in [0.2, 0.25) is 0 Å². The molecule has 1 atom stereocenters. The molecular formula is C16H21F3N2O2. The highest BCUT2D eigenvalue weighted by Crippen LogP contribution is 2.35. The van der Waals surface area contributed by atoms with Crippen LogP contribution in [-0.4, -0.2) is 36.2 Å². The summed E-state index contributed by atoms with van der Waals surface area (Å²) in [6.45, 7) is 6.22. The Hall–Kier alpha value is -1.76. The van der Waals surface area contributed by atoms with Crippen molar-refractivity contribution in [3.8, 4) is 0 Å². The number of ether oxygens (including phenoxy) is 1. The maximum Gasteiger partial charge on any atom is 0.416 e. The SMILES string of the molecule is CC(C)(C)OC(=O)N1CCN[C@@H](c2ccccc2C(F)(F)F)C1. The van der Waals surface area contributed by atoms with Crippen LogP contribution < -0.4 is 5.32 Å². The molecule has 1 aliphatic rings. The summed E-state index contributed by atoms with van der Waals surface area (Å²) in [7, 11) is 0. The Labute approximate surface area is 133 Å². The summed E-state index contributed by atoms with van der Waals surface area (Å²) < 4.78 is 44.7. The van der Waals surface area contributed by atoms with Crippen molar-refractivity contribution in [2.45, 2.75) is 38.6 Å². The van der Waals surface area contributed by atoms with Crippen LogP contribution in [0.25, 0.3) is 0 Å². The number of rotatable bonds is 1. The van der Waals surface area contributed by atoms with Crippen molar-refractivity contribution in [1.82, 2.24) is 10.2 Å². The molecule has 0 spiro atoms. The molecule has 2 rings (SSSR count). The number of halogens is 3. The second kappa shape index (κ2) is 6.39. The summed E-state index contributed by atoms with van der Waals surface area (Å²) in [6.07, 6.45) is -4.93. The fourth-order valence-electron chi connectivity index (χ4n) is 2.51. The summed E-state index contributed by atoms with van der Waals surface area (Å²) in [5.41, 5.74) is -1.17. The lowest BCUT2D eigenvalue weighted by Gasteiger charge is -2.35. The number of carbonyl (C=O) groups excluding carboxylic acids is 1. The van der Waals surface area contributed by atoms with Gasteiger partial charge < -0.3 is 15.0 Å². The van der Waals surface area contributed by atoms with Crippen LogP contribution in [0.5, 0.6) is 0 Å². The highest BCUT2D eigenvalue weighted by Gasteiger charge is 2.37. The third kappa shape index (κ3) is 4.60. The van der Waals surface area contributed by atoms with Gasteiger partial charge in [-0.25, -0.2) is 4.79 Å². The van der Waals surface area contributed by atoms with Gasteiger partial charge in [-0.15, -0.1) is 0 Å². The van der Waals surface area contributed by atoms with E-state index in [1.54, 1.807) is 26.8 Å². The molecule has 1 heterocycles. The lowest BCUT2D eigenvalue weighted by atomic mass is 9.98. The Kier molecular flexibility index (Phi) is 4.89. The topological polar surface area (TPSA) is 41.6 Å². The predicted molar refractivity (Wildman–Crippen MR) is 80.0 cm³/mol. The monoisotopic (exact) mass is 330 g/mol. The number of alkyl halides is 3. The van der Waals surface area contributed by atoms with E-state index in [2.05, 4.69) is 5.32 Å². The largest absolute Gasteiger partial charge is 0.444 e. The van der Waals surface area contributed by atoms with Gasteiger partial charge in [0.15, 0.2) is 0 Å². The van der Waals surface area contributed by atoms with Crippen molar-refractivity contribution in [3.63, 3.8) is 0 Å². The van der Waals surface area contributed by atoms with E-state index in [0.29, 0.717) is 13.1 Å². The zero-order valence-electron chi connectivity index (χ0n) is 13.4. The van der Waals surface area contributed by atoms with Gasteiger partial charge in [0.2, 0.25) is 0 Å². The van der Waals surface area contributed by atoms with Gasteiger partial charge in [-0.05, 0) is 32.4 Å². The van der Waals surface area contributed by atoms with E-state index in [-0.39, 0.29) is 12.1 Å². The third-order valence-corrected chi connectivity index (χ3v) is 3.47. The molecular weight excluding hydrogens is 309 g/mol. The van der Waals surface area contributed by atoms with Crippen molar-refractivity contribution in [1.29, 1.82) is 0 Å². The van der Waals surface area contributed by atoms with Crippen LogP contribution in [-0.2, 0) is 10.9 Å². The van der Waals surface area contributed by atoms with E-state index in [4.69, 9.17) is 4.74 Å². The zero-order valence-corrected chi connectivity index (χ0v) is 13.4. The molecule has 1 aromatic carbocycles. The summed E-state index contributed by atoms with van der Waals surface area (Å²) >= 11 is 0. The molecule has 1 fully saturated rings. The first-order valence-corrected chi connectivity index (χ1v) is 7.45. The van der Waals surface area contributed by atoms with Gasteiger partial charge in [0.25, 0.3) is 0 Å². The number of hydrogen-bond donors (Lipinski definition) is 1. The van der Waals surface area contributed by atoms with Gasteiger partial charge in [0, 0.05) is 19.6 Å². The van der Waals surface area contributed by atoms with Gasteiger partial charge in [0.1, 0.15) is 5.60 Å². The van der Waals surface area contributed by atoms with E-state index in [1.807, 2.05) is 0 Å². The number of hydrogen-bond acceptors (Lipinski definition) is 3. The van der Waals surface area contributed by atoms with Gasteiger partial charge in [-0.2, -0.15) is 13.2 Å². The summed E-state index contributed by atoms with van der Waals surface area (Å²) in [5.74, 6) is 0. The Bertz CT molecular complexity index is 567. The Morgan fingerprint density at radius 3 is 2.52 bits per heavy atom. The summed E-state index contributed by atoms with van der Waals surface area (Å²) in [4.78, 5) is 13.6. The normalized spacial score (nSPS) is 19.6. The molecule has 0 aromatic heterocycles. The minimum atomic E-state index is -4.42. The average Bonchev–Trinajstić information content (AvgIpc) is 2.45. The quantitative estimate of drug-likeness (QED) is 0.856. The van der Waals surface area contributed by atoms with Crippen LogP contribution in [0.15, 0.2) is 24.3 Å². The number of piperazine rings is 1. The van der Waals surface area contributed by atoms with Crippen molar-refractivity contribution >= 4 is 6.09 Å². The van der Waals surface area contributed by atoms with Gasteiger partial charge in [0.05, 0.1) is 11.6 Å². The first-order valence-electron chi connectivity index (χ1n) is 7.45. The number of nitrogens with zero attached hydrogens (tertiary/aromatic N) is 1. The first kappa shape index (κ1) is 17.6. The summed E-state index contributed by atoms with van der Waals surface area (Å²) in [5, 5.41) is 3.05. The lowest BCUT2D eigenvalue weighted by molar-refractivity contribution is -0.138. The first-order chi connectivity index (χ1) is 10.6. The lowest BCUT2D eigenvalue weighted by Crippen LogP contribution is -2.50. The maximum absolute atomic E-state index is 13.1. The van der Waals surface area contributed by atoms with Crippen molar-refractivity contribution in [3.05, 3.63) is 35.4 Å². The van der Waals surface area contributed by atoms with Gasteiger partial charge >= 0.3 is 12.3 Å². The van der Waals surface area contributed by atoms with E-state index in [1.165, 1.54) is 17.0 Å². The fraction of sp³-hybridized carbons (Fsp3) is 0.562. The van der Waals surface area contributed by atoms with Gasteiger partial charge in [-0.1, -0.05) is 18.2 Å².